The van der Waals surface area contributed by atoms with E-state index in [-0.39, 0.29) is 19.1 Å². The van der Waals surface area contributed by atoms with Crippen molar-refractivity contribution in [3.05, 3.63) is 80.4 Å². The number of carbonyl (C=O) groups is 3. The largest absolute Gasteiger partial charge is 0.497 e. The summed E-state index contributed by atoms with van der Waals surface area (Å²) in [5.41, 5.74) is 6.39. The number of methoxy groups -OCH3 is 2. The van der Waals surface area contributed by atoms with Crippen molar-refractivity contribution in [1.29, 1.82) is 0 Å². The highest BCUT2D eigenvalue weighted by molar-refractivity contribution is 14.1. The molecule has 0 atom stereocenters. The summed E-state index contributed by atoms with van der Waals surface area (Å²) >= 11 is 2.05. The van der Waals surface area contributed by atoms with Gasteiger partial charge in [-0.2, -0.15) is 5.10 Å². The monoisotopic (exact) mass is 644 g/mol. The van der Waals surface area contributed by atoms with Crippen molar-refractivity contribution in [3.8, 4) is 17.2 Å². The number of hydrogen-bond acceptors (Lipinski definition) is 7. The molecule has 0 fully saturated rings. The Morgan fingerprint density at radius 3 is 2.41 bits per heavy atom. The Labute approximate surface area is 240 Å². The minimum atomic E-state index is -0.906. The molecule has 204 valence electrons. The number of hydrogen-bond donors (Lipinski definition) is 3. The number of hydrazone groups is 1. The SMILES string of the molecule is COc1ccc(CNC(=O)C(=O)N/N=C\c2cc(I)c(OCC(=O)Nc3cccc(C)c3C)c(OC)c2)cc1. The van der Waals surface area contributed by atoms with Crippen LogP contribution in [0.4, 0.5) is 5.69 Å². The molecular formula is C28H29IN4O6. The molecule has 0 aliphatic carbocycles. The minimum Gasteiger partial charge on any atom is -0.497 e. The Balaban J connectivity index is 1.54. The van der Waals surface area contributed by atoms with Gasteiger partial charge in [-0.3, -0.25) is 14.4 Å². The van der Waals surface area contributed by atoms with Gasteiger partial charge in [0.15, 0.2) is 18.1 Å². The molecule has 3 amide bonds. The number of amides is 3. The number of aryl methyl sites for hydroxylation is 1. The molecule has 0 saturated heterocycles. The maximum atomic E-state index is 12.5. The lowest BCUT2D eigenvalue weighted by molar-refractivity contribution is -0.139. The van der Waals surface area contributed by atoms with Crippen molar-refractivity contribution in [3.63, 3.8) is 0 Å². The summed E-state index contributed by atoms with van der Waals surface area (Å²) in [4.78, 5) is 36.6. The topological polar surface area (TPSA) is 127 Å². The van der Waals surface area contributed by atoms with Gasteiger partial charge in [-0.1, -0.05) is 24.3 Å². The molecule has 3 rings (SSSR count). The van der Waals surface area contributed by atoms with E-state index in [0.717, 1.165) is 22.4 Å². The van der Waals surface area contributed by atoms with E-state index >= 15 is 0 Å². The summed E-state index contributed by atoms with van der Waals surface area (Å²) in [6.07, 6.45) is 1.37. The maximum Gasteiger partial charge on any atom is 0.329 e. The molecular weight excluding hydrogens is 615 g/mol. The number of carbonyl (C=O) groups excluding carboxylic acids is 3. The first-order valence-electron chi connectivity index (χ1n) is 11.8. The lowest BCUT2D eigenvalue weighted by Crippen LogP contribution is -2.37. The van der Waals surface area contributed by atoms with Crippen molar-refractivity contribution in [2.45, 2.75) is 20.4 Å². The Bertz CT molecular complexity index is 1380. The zero-order valence-corrected chi connectivity index (χ0v) is 24.1. The van der Waals surface area contributed by atoms with Gasteiger partial charge in [-0.05, 0) is 89.0 Å². The van der Waals surface area contributed by atoms with Crippen LogP contribution in [-0.2, 0) is 20.9 Å². The molecule has 0 aromatic heterocycles. The molecule has 0 saturated carbocycles. The average molecular weight is 644 g/mol. The van der Waals surface area contributed by atoms with E-state index in [1.54, 1.807) is 43.5 Å². The molecule has 0 unspecified atom stereocenters. The fourth-order valence-corrected chi connectivity index (χ4v) is 4.17. The number of nitrogens with zero attached hydrogens (tertiary/aromatic N) is 1. The van der Waals surface area contributed by atoms with Crippen LogP contribution in [0.15, 0.2) is 59.7 Å². The molecule has 3 aromatic carbocycles. The number of rotatable bonds is 10. The molecule has 11 heteroatoms. The van der Waals surface area contributed by atoms with Crippen LogP contribution in [-0.4, -0.2) is 44.8 Å². The van der Waals surface area contributed by atoms with E-state index in [1.165, 1.54) is 13.3 Å². The van der Waals surface area contributed by atoms with Gasteiger partial charge in [0.25, 0.3) is 5.91 Å². The predicted molar refractivity (Wildman–Crippen MR) is 156 cm³/mol. The molecule has 0 radical (unpaired) electrons. The van der Waals surface area contributed by atoms with Gasteiger partial charge >= 0.3 is 11.8 Å². The van der Waals surface area contributed by atoms with Gasteiger partial charge < -0.3 is 24.8 Å². The van der Waals surface area contributed by atoms with Crippen LogP contribution in [0.1, 0.15) is 22.3 Å². The summed E-state index contributed by atoms with van der Waals surface area (Å²) < 4.78 is 16.9. The number of halogens is 1. The second-order valence-corrected chi connectivity index (χ2v) is 9.51. The van der Waals surface area contributed by atoms with Crippen molar-refractivity contribution in [2.24, 2.45) is 5.10 Å². The lowest BCUT2D eigenvalue weighted by atomic mass is 10.1. The summed E-state index contributed by atoms with van der Waals surface area (Å²) in [6, 6.07) is 16.2. The van der Waals surface area contributed by atoms with Crippen molar-refractivity contribution >= 4 is 52.2 Å². The van der Waals surface area contributed by atoms with E-state index in [1.807, 2.05) is 32.0 Å². The highest BCUT2D eigenvalue weighted by Crippen LogP contribution is 2.33. The Morgan fingerprint density at radius 2 is 1.72 bits per heavy atom. The first kappa shape index (κ1) is 29.4. The van der Waals surface area contributed by atoms with Crippen LogP contribution >= 0.6 is 22.6 Å². The highest BCUT2D eigenvalue weighted by Gasteiger charge is 2.15. The molecule has 0 heterocycles. The summed E-state index contributed by atoms with van der Waals surface area (Å²) in [7, 11) is 3.04. The summed E-state index contributed by atoms with van der Waals surface area (Å²) in [5.74, 6) is -0.559. The van der Waals surface area contributed by atoms with E-state index in [9.17, 15) is 14.4 Å². The minimum absolute atomic E-state index is 0.180. The van der Waals surface area contributed by atoms with Crippen LogP contribution in [0.3, 0.4) is 0 Å². The van der Waals surface area contributed by atoms with Crippen molar-refractivity contribution < 1.29 is 28.6 Å². The van der Waals surface area contributed by atoms with Crippen LogP contribution < -0.4 is 30.3 Å². The molecule has 0 spiro atoms. The zero-order chi connectivity index (χ0) is 28.4. The van der Waals surface area contributed by atoms with Gasteiger partial charge in [0.05, 0.1) is 24.0 Å². The first-order valence-corrected chi connectivity index (χ1v) is 12.9. The quantitative estimate of drug-likeness (QED) is 0.134. The van der Waals surface area contributed by atoms with E-state index in [4.69, 9.17) is 14.2 Å². The average Bonchev–Trinajstić information content (AvgIpc) is 2.93. The normalized spacial score (nSPS) is 10.6. The highest BCUT2D eigenvalue weighted by atomic mass is 127. The smallest absolute Gasteiger partial charge is 0.329 e. The molecule has 10 nitrogen and oxygen atoms in total. The molecule has 0 bridgehead atoms. The second kappa shape index (κ2) is 14.1. The van der Waals surface area contributed by atoms with E-state index < -0.39 is 11.8 Å². The molecule has 3 N–H and O–H groups in total. The third-order valence-electron chi connectivity index (χ3n) is 5.68. The second-order valence-electron chi connectivity index (χ2n) is 8.35. The van der Waals surface area contributed by atoms with Crippen molar-refractivity contribution in [2.75, 3.05) is 26.1 Å². The van der Waals surface area contributed by atoms with Gasteiger partial charge in [0.2, 0.25) is 0 Å². The molecule has 0 aliphatic heterocycles. The maximum absolute atomic E-state index is 12.5. The predicted octanol–water partition coefficient (Wildman–Crippen LogP) is 3.71. The van der Waals surface area contributed by atoms with Gasteiger partial charge in [-0.15, -0.1) is 0 Å². The zero-order valence-electron chi connectivity index (χ0n) is 22.0. The fraction of sp³-hybridized carbons (Fsp3) is 0.214. The van der Waals surface area contributed by atoms with Gasteiger partial charge in [0.1, 0.15) is 5.75 Å². The Morgan fingerprint density at radius 1 is 0.974 bits per heavy atom. The van der Waals surface area contributed by atoms with Crippen LogP contribution in [0, 0.1) is 17.4 Å². The Hall–Kier alpha value is -4.13. The summed E-state index contributed by atoms with van der Waals surface area (Å²) in [6.45, 7) is 3.88. The molecule has 0 aliphatic rings. The standard InChI is InChI=1S/C28H29IN4O6/c1-17-6-5-7-23(18(17)2)32-25(34)16-39-26-22(29)12-20(13-24(26)38-4)15-31-33-28(36)27(35)30-14-19-8-10-21(37-3)11-9-19/h5-13,15H,14,16H2,1-4H3,(H,30,35)(H,32,34)(H,33,36)/b31-15-. The Kier molecular flexibility index (Phi) is 10.7. The first-order chi connectivity index (χ1) is 18.7. The van der Waals surface area contributed by atoms with Crippen molar-refractivity contribution in [1.82, 2.24) is 10.7 Å². The summed E-state index contributed by atoms with van der Waals surface area (Å²) in [5, 5.41) is 9.24. The molecule has 39 heavy (non-hydrogen) atoms. The van der Waals surface area contributed by atoms with Gasteiger partial charge in [-0.25, -0.2) is 5.43 Å². The number of nitrogens with one attached hydrogen (secondary N) is 3. The third-order valence-corrected chi connectivity index (χ3v) is 6.48. The van der Waals surface area contributed by atoms with Crippen LogP contribution in [0.2, 0.25) is 0 Å². The lowest BCUT2D eigenvalue weighted by Gasteiger charge is -2.14. The number of ether oxygens (including phenoxy) is 3. The van der Waals surface area contributed by atoms with Crippen LogP contribution in [0.5, 0.6) is 17.2 Å². The van der Waals surface area contributed by atoms with Crippen LogP contribution in [0.25, 0.3) is 0 Å². The van der Waals surface area contributed by atoms with E-state index in [0.29, 0.717) is 26.4 Å². The third kappa shape index (κ3) is 8.43. The molecule has 3 aromatic rings. The van der Waals surface area contributed by atoms with Gasteiger partial charge in [0, 0.05) is 12.2 Å². The number of anilines is 1. The fourth-order valence-electron chi connectivity index (χ4n) is 3.39. The number of benzene rings is 3. The van der Waals surface area contributed by atoms with E-state index in [2.05, 4.69) is 43.8 Å².